The van der Waals surface area contributed by atoms with Gasteiger partial charge in [-0.25, -0.2) is 4.79 Å². The Morgan fingerprint density at radius 3 is 2.50 bits per heavy atom. The summed E-state index contributed by atoms with van der Waals surface area (Å²) in [5.74, 6) is -0.430. The first-order chi connectivity index (χ1) is 9.56. The van der Waals surface area contributed by atoms with E-state index in [0.29, 0.717) is 42.2 Å². The van der Waals surface area contributed by atoms with Gasteiger partial charge in [0.2, 0.25) is 0 Å². The SMILES string of the molecule is CCOC(=O)c1c(C)[nH]c(C(=O)N2CCNCC2)c1C. The number of H-pyrrole nitrogens is 1. The first-order valence-electron chi connectivity index (χ1n) is 6.92. The van der Waals surface area contributed by atoms with Crippen LogP contribution in [0.3, 0.4) is 0 Å². The van der Waals surface area contributed by atoms with Crippen LogP contribution < -0.4 is 5.32 Å². The molecule has 1 aromatic heterocycles. The van der Waals surface area contributed by atoms with Crippen molar-refractivity contribution in [3.63, 3.8) is 0 Å². The molecule has 20 heavy (non-hydrogen) atoms. The Bertz CT molecular complexity index is 516. The van der Waals surface area contributed by atoms with Gasteiger partial charge in [0.1, 0.15) is 5.69 Å². The largest absolute Gasteiger partial charge is 0.462 e. The highest BCUT2D eigenvalue weighted by Crippen LogP contribution is 2.20. The molecule has 0 bridgehead atoms. The number of aromatic nitrogens is 1. The maximum Gasteiger partial charge on any atom is 0.340 e. The fraction of sp³-hybridized carbons (Fsp3) is 0.571. The molecule has 2 N–H and O–H groups in total. The number of aromatic amines is 1. The molecule has 0 aliphatic carbocycles. The van der Waals surface area contributed by atoms with Crippen molar-refractivity contribution in [2.75, 3.05) is 32.8 Å². The summed E-state index contributed by atoms with van der Waals surface area (Å²) in [5.41, 5.74) is 2.32. The van der Waals surface area contributed by atoms with Gasteiger partial charge in [0, 0.05) is 31.9 Å². The highest BCUT2D eigenvalue weighted by Gasteiger charge is 2.26. The predicted molar refractivity (Wildman–Crippen MR) is 75.0 cm³/mol. The summed E-state index contributed by atoms with van der Waals surface area (Å²) in [6.45, 7) is 8.63. The van der Waals surface area contributed by atoms with Crippen LogP contribution in [0.15, 0.2) is 0 Å². The van der Waals surface area contributed by atoms with Gasteiger partial charge in [-0.1, -0.05) is 0 Å². The monoisotopic (exact) mass is 279 g/mol. The predicted octanol–water partition coefficient (Wildman–Crippen LogP) is 0.854. The van der Waals surface area contributed by atoms with Gasteiger partial charge in [-0.3, -0.25) is 4.79 Å². The fourth-order valence-corrected chi connectivity index (χ4v) is 2.50. The van der Waals surface area contributed by atoms with Crippen molar-refractivity contribution in [3.05, 3.63) is 22.5 Å². The number of aryl methyl sites for hydroxylation is 1. The Morgan fingerprint density at radius 2 is 1.90 bits per heavy atom. The third kappa shape index (κ3) is 2.70. The molecule has 2 heterocycles. The summed E-state index contributed by atoms with van der Waals surface area (Å²) in [5, 5.41) is 3.21. The lowest BCUT2D eigenvalue weighted by molar-refractivity contribution is 0.0525. The van der Waals surface area contributed by atoms with E-state index in [1.54, 1.807) is 25.7 Å². The lowest BCUT2D eigenvalue weighted by Crippen LogP contribution is -2.46. The van der Waals surface area contributed by atoms with Crippen molar-refractivity contribution in [2.24, 2.45) is 0 Å². The molecular weight excluding hydrogens is 258 g/mol. The molecule has 0 spiro atoms. The molecule has 110 valence electrons. The van der Waals surface area contributed by atoms with Gasteiger partial charge in [-0.2, -0.15) is 0 Å². The molecule has 0 aromatic carbocycles. The molecule has 6 heteroatoms. The zero-order chi connectivity index (χ0) is 14.7. The second-order valence-corrected chi connectivity index (χ2v) is 4.89. The lowest BCUT2D eigenvalue weighted by atomic mass is 10.1. The molecule has 0 atom stereocenters. The zero-order valence-electron chi connectivity index (χ0n) is 12.2. The number of nitrogens with zero attached hydrogens (tertiary/aromatic N) is 1. The molecule has 1 aromatic rings. The molecule has 2 rings (SSSR count). The number of hydrogen-bond donors (Lipinski definition) is 2. The second-order valence-electron chi connectivity index (χ2n) is 4.89. The van der Waals surface area contributed by atoms with Gasteiger partial charge < -0.3 is 19.9 Å². The number of rotatable bonds is 3. The third-order valence-electron chi connectivity index (χ3n) is 3.54. The van der Waals surface area contributed by atoms with Crippen LogP contribution in [0.4, 0.5) is 0 Å². The standard InChI is InChI=1S/C14H21N3O3/c1-4-20-14(19)11-9(2)12(16-10(11)3)13(18)17-7-5-15-6-8-17/h15-16H,4-8H2,1-3H3. The van der Waals surface area contributed by atoms with E-state index in [1.807, 2.05) is 0 Å². The molecule has 1 fully saturated rings. The lowest BCUT2D eigenvalue weighted by Gasteiger charge is -2.27. The minimum absolute atomic E-state index is 0.0531. The van der Waals surface area contributed by atoms with Crippen LogP contribution in [0.1, 0.15) is 39.0 Å². The van der Waals surface area contributed by atoms with E-state index in [9.17, 15) is 9.59 Å². The Hall–Kier alpha value is -1.82. The molecule has 0 radical (unpaired) electrons. The molecule has 1 aliphatic heterocycles. The Labute approximate surface area is 118 Å². The highest BCUT2D eigenvalue weighted by molar-refractivity contribution is 6.00. The molecule has 1 amide bonds. The number of carbonyl (C=O) groups is 2. The van der Waals surface area contributed by atoms with Crippen LogP contribution in [0.5, 0.6) is 0 Å². The topological polar surface area (TPSA) is 74.4 Å². The van der Waals surface area contributed by atoms with Crippen LogP contribution in [-0.4, -0.2) is 54.5 Å². The van der Waals surface area contributed by atoms with Crippen LogP contribution in [0, 0.1) is 13.8 Å². The number of nitrogens with one attached hydrogen (secondary N) is 2. The van der Waals surface area contributed by atoms with Crippen molar-refractivity contribution in [1.29, 1.82) is 0 Å². The van der Waals surface area contributed by atoms with Gasteiger partial charge in [0.25, 0.3) is 5.91 Å². The van der Waals surface area contributed by atoms with E-state index >= 15 is 0 Å². The van der Waals surface area contributed by atoms with Gasteiger partial charge in [-0.15, -0.1) is 0 Å². The first kappa shape index (κ1) is 14.6. The van der Waals surface area contributed by atoms with E-state index in [-0.39, 0.29) is 11.9 Å². The average molecular weight is 279 g/mol. The molecule has 0 saturated carbocycles. The Balaban J connectivity index is 2.26. The van der Waals surface area contributed by atoms with E-state index < -0.39 is 0 Å². The minimum atomic E-state index is -0.377. The van der Waals surface area contributed by atoms with Crippen LogP contribution >= 0.6 is 0 Å². The molecule has 1 saturated heterocycles. The van der Waals surface area contributed by atoms with Gasteiger partial charge >= 0.3 is 5.97 Å². The van der Waals surface area contributed by atoms with E-state index in [0.717, 1.165) is 13.1 Å². The highest BCUT2D eigenvalue weighted by atomic mass is 16.5. The first-order valence-corrected chi connectivity index (χ1v) is 6.92. The molecular formula is C14H21N3O3. The van der Waals surface area contributed by atoms with E-state index in [1.165, 1.54) is 0 Å². The van der Waals surface area contributed by atoms with Gasteiger partial charge in [0.05, 0.1) is 12.2 Å². The second kappa shape index (κ2) is 6.09. The van der Waals surface area contributed by atoms with E-state index in [2.05, 4.69) is 10.3 Å². The molecule has 0 unspecified atom stereocenters. The van der Waals surface area contributed by atoms with Crippen molar-refractivity contribution < 1.29 is 14.3 Å². The normalized spacial score (nSPS) is 15.2. The third-order valence-corrected chi connectivity index (χ3v) is 3.54. The van der Waals surface area contributed by atoms with Gasteiger partial charge in [0.15, 0.2) is 0 Å². The van der Waals surface area contributed by atoms with Crippen molar-refractivity contribution in [3.8, 4) is 0 Å². The van der Waals surface area contributed by atoms with Gasteiger partial charge in [-0.05, 0) is 26.3 Å². The van der Waals surface area contributed by atoms with Crippen molar-refractivity contribution >= 4 is 11.9 Å². The summed E-state index contributed by atoms with van der Waals surface area (Å²) in [7, 11) is 0. The number of hydrogen-bond acceptors (Lipinski definition) is 4. The Kier molecular flexibility index (Phi) is 4.44. The summed E-state index contributed by atoms with van der Waals surface area (Å²) < 4.78 is 5.03. The van der Waals surface area contributed by atoms with Crippen LogP contribution in [-0.2, 0) is 4.74 Å². The van der Waals surface area contributed by atoms with Crippen molar-refractivity contribution in [2.45, 2.75) is 20.8 Å². The summed E-state index contributed by atoms with van der Waals surface area (Å²) >= 11 is 0. The maximum absolute atomic E-state index is 12.5. The fourth-order valence-electron chi connectivity index (χ4n) is 2.50. The summed E-state index contributed by atoms with van der Waals surface area (Å²) in [4.78, 5) is 29.2. The summed E-state index contributed by atoms with van der Waals surface area (Å²) in [6, 6.07) is 0. The number of esters is 1. The maximum atomic E-state index is 12.5. The van der Waals surface area contributed by atoms with E-state index in [4.69, 9.17) is 4.74 Å². The Morgan fingerprint density at radius 1 is 1.25 bits per heavy atom. The van der Waals surface area contributed by atoms with Crippen molar-refractivity contribution in [1.82, 2.24) is 15.2 Å². The van der Waals surface area contributed by atoms with Crippen LogP contribution in [0.2, 0.25) is 0 Å². The minimum Gasteiger partial charge on any atom is -0.462 e. The summed E-state index contributed by atoms with van der Waals surface area (Å²) in [6.07, 6.45) is 0. The number of ether oxygens (including phenoxy) is 1. The number of carbonyl (C=O) groups excluding carboxylic acids is 2. The average Bonchev–Trinajstić information content (AvgIpc) is 2.74. The number of piperazine rings is 1. The molecule has 1 aliphatic rings. The zero-order valence-corrected chi connectivity index (χ0v) is 12.2. The smallest absolute Gasteiger partial charge is 0.340 e. The quantitative estimate of drug-likeness (QED) is 0.805. The number of amides is 1. The van der Waals surface area contributed by atoms with Crippen LogP contribution in [0.25, 0.3) is 0 Å². The molecule has 6 nitrogen and oxygen atoms in total.